The van der Waals surface area contributed by atoms with Gasteiger partial charge in [-0.2, -0.15) is 0 Å². The van der Waals surface area contributed by atoms with E-state index >= 15 is 9.59 Å². The standard InChI is InChI=1S/C39H52O6/c1-23(2)12-14-28(26(7)8)21-38-22-29(16-13-24(3)4)37(9,10)39(36(38)44,19-18-25(5)6)34(43)32(35(38)45-11)33(42)27-15-17-30(40)31(41)20-27/h12-13,15,17-18,20,28-29,40-41H,7,14,16,19,21-22H2,1-6,8-11H3/t28-,29-,38+,39-/m1/s1. The van der Waals surface area contributed by atoms with E-state index in [9.17, 15) is 15.0 Å². The molecule has 0 aromatic heterocycles. The number of fused-ring (bicyclic) bond motifs is 2. The number of ether oxygens (including phenoxy) is 1. The summed E-state index contributed by atoms with van der Waals surface area (Å²) in [5.41, 5.74) is 0.450. The first-order valence-corrected chi connectivity index (χ1v) is 15.9. The Hall–Kier alpha value is -3.67. The van der Waals surface area contributed by atoms with E-state index in [0.717, 1.165) is 28.4 Å². The first-order valence-electron chi connectivity index (χ1n) is 15.9. The average molecular weight is 617 g/mol. The summed E-state index contributed by atoms with van der Waals surface area (Å²) in [6, 6.07) is 3.75. The predicted molar refractivity (Wildman–Crippen MR) is 180 cm³/mol. The number of carbonyl (C=O) groups is 3. The number of Topliss-reactive ketones (excluding diaryl/α,β-unsaturated/α-hetero) is 3. The highest BCUT2D eigenvalue weighted by molar-refractivity contribution is 6.35. The van der Waals surface area contributed by atoms with Crippen LogP contribution in [0.5, 0.6) is 11.5 Å². The van der Waals surface area contributed by atoms with Crippen molar-refractivity contribution in [3.8, 4) is 11.5 Å². The Morgan fingerprint density at radius 1 is 0.978 bits per heavy atom. The van der Waals surface area contributed by atoms with Crippen molar-refractivity contribution in [2.24, 2.45) is 28.1 Å². The fraction of sp³-hybridized carbons (Fsp3) is 0.513. The second kappa shape index (κ2) is 13.4. The smallest absolute Gasteiger partial charge is 0.200 e. The lowest BCUT2D eigenvalue weighted by Gasteiger charge is -2.61. The molecule has 2 aliphatic rings. The normalized spacial score (nSPS) is 24.4. The number of benzene rings is 1. The second-order valence-electron chi connectivity index (χ2n) is 14.5. The van der Waals surface area contributed by atoms with Gasteiger partial charge in [-0.25, -0.2) is 0 Å². The Labute approximate surface area is 269 Å². The minimum absolute atomic E-state index is 0.0306. The summed E-state index contributed by atoms with van der Waals surface area (Å²) in [6.07, 6.45) is 8.50. The number of methoxy groups -OCH3 is 1. The molecule has 2 N–H and O–H groups in total. The zero-order valence-electron chi connectivity index (χ0n) is 28.9. The van der Waals surface area contributed by atoms with Gasteiger partial charge in [0.2, 0.25) is 0 Å². The molecule has 6 nitrogen and oxygen atoms in total. The van der Waals surface area contributed by atoms with Gasteiger partial charge in [0, 0.05) is 5.56 Å². The molecule has 1 aromatic rings. The first-order chi connectivity index (χ1) is 20.9. The van der Waals surface area contributed by atoms with E-state index in [1.807, 2.05) is 68.4 Å². The van der Waals surface area contributed by atoms with E-state index in [1.165, 1.54) is 19.2 Å². The molecule has 0 heterocycles. The summed E-state index contributed by atoms with van der Waals surface area (Å²) in [5.74, 6) is -2.31. The summed E-state index contributed by atoms with van der Waals surface area (Å²) >= 11 is 0. The Morgan fingerprint density at radius 3 is 2.09 bits per heavy atom. The largest absolute Gasteiger partial charge is 0.504 e. The van der Waals surface area contributed by atoms with Crippen LogP contribution in [0.1, 0.15) is 105 Å². The van der Waals surface area contributed by atoms with Crippen LogP contribution < -0.4 is 0 Å². The summed E-state index contributed by atoms with van der Waals surface area (Å²) in [7, 11) is 1.43. The molecule has 2 aliphatic carbocycles. The molecule has 0 amide bonds. The molecule has 4 atom stereocenters. The fourth-order valence-corrected chi connectivity index (χ4v) is 7.37. The molecule has 1 saturated carbocycles. The number of phenolic OH excluding ortho intramolecular Hbond substituents is 2. The second-order valence-corrected chi connectivity index (χ2v) is 14.5. The van der Waals surface area contributed by atoms with Gasteiger partial charge in [-0.15, -0.1) is 0 Å². The van der Waals surface area contributed by atoms with E-state index in [4.69, 9.17) is 4.74 Å². The fourth-order valence-electron chi connectivity index (χ4n) is 7.37. The average Bonchev–Trinajstić information content (AvgIpc) is 2.94. The van der Waals surface area contributed by atoms with Gasteiger partial charge in [-0.3, -0.25) is 14.4 Å². The van der Waals surface area contributed by atoms with Gasteiger partial charge in [0.25, 0.3) is 0 Å². The van der Waals surface area contributed by atoms with Crippen LogP contribution in [0.3, 0.4) is 0 Å². The highest BCUT2D eigenvalue weighted by Gasteiger charge is 2.72. The van der Waals surface area contributed by atoms with Crippen LogP contribution in [0, 0.1) is 28.1 Å². The van der Waals surface area contributed by atoms with E-state index in [-0.39, 0.29) is 46.7 Å². The van der Waals surface area contributed by atoms with Crippen LogP contribution >= 0.6 is 0 Å². The number of allylic oxidation sites excluding steroid dienone is 9. The molecule has 6 heteroatoms. The highest BCUT2D eigenvalue weighted by atomic mass is 16.5. The van der Waals surface area contributed by atoms with Crippen molar-refractivity contribution in [3.63, 3.8) is 0 Å². The number of hydrogen-bond donors (Lipinski definition) is 2. The van der Waals surface area contributed by atoms with E-state index < -0.39 is 33.6 Å². The number of rotatable bonds is 12. The molecule has 0 unspecified atom stereocenters. The van der Waals surface area contributed by atoms with Crippen molar-refractivity contribution in [1.29, 1.82) is 0 Å². The first kappa shape index (κ1) is 35.8. The van der Waals surface area contributed by atoms with Crippen molar-refractivity contribution < 1.29 is 29.3 Å². The minimum Gasteiger partial charge on any atom is -0.504 e. The van der Waals surface area contributed by atoms with Crippen molar-refractivity contribution in [2.75, 3.05) is 7.11 Å². The van der Waals surface area contributed by atoms with Crippen LogP contribution in [0.2, 0.25) is 0 Å². The molecule has 1 aromatic carbocycles. The molecule has 45 heavy (non-hydrogen) atoms. The number of phenols is 2. The molecule has 1 fully saturated rings. The van der Waals surface area contributed by atoms with Gasteiger partial charge in [-0.1, -0.05) is 60.9 Å². The van der Waals surface area contributed by atoms with Crippen LogP contribution in [0.15, 0.2) is 76.6 Å². The zero-order chi connectivity index (χ0) is 34.1. The molecule has 0 spiro atoms. The summed E-state index contributed by atoms with van der Waals surface area (Å²) in [4.78, 5) is 45.0. The molecule has 244 valence electrons. The van der Waals surface area contributed by atoms with Crippen LogP contribution in [0.25, 0.3) is 0 Å². The summed E-state index contributed by atoms with van der Waals surface area (Å²) in [6.45, 7) is 22.3. The minimum atomic E-state index is -1.54. The lowest BCUT2D eigenvalue weighted by molar-refractivity contribution is -0.173. The Balaban J connectivity index is 2.51. The number of ketones is 3. The lowest BCUT2D eigenvalue weighted by atomic mass is 9.39. The molecule has 3 rings (SSSR count). The third kappa shape index (κ3) is 6.39. The maximum Gasteiger partial charge on any atom is 0.200 e. The van der Waals surface area contributed by atoms with Crippen molar-refractivity contribution in [2.45, 2.75) is 94.4 Å². The van der Waals surface area contributed by atoms with Crippen LogP contribution in [0.4, 0.5) is 0 Å². The van der Waals surface area contributed by atoms with Crippen molar-refractivity contribution in [3.05, 3.63) is 82.2 Å². The van der Waals surface area contributed by atoms with Crippen molar-refractivity contribution >= 4 is 17.3 Å². The molecule has 0 radical (unpaired) electrons. The van der Waals surface area contributed by atoms with Crippen LogP contribution in [-0.4, -0.2) is 34.7 Å². The molecular weight excluding hydrogens is 564 g/mol. The maximum atomic E-state index is 15.4. The van der Waals surface area contributed by atoms with Gasteiger partial charge >= 0.3 is 0 Å². The van der Waals surface area contributed by atoms with Crippen LogP contribution in [-0.2, 0) is 14.3 Å². The lowest BCUT2D eigenvalue weighted by Crippen LogP contribution is -2.67. The Kier molecular flexibility index (Phi) is 10.6. The Bertz CT molecular complexity index is 1500. The molecule has 2 bridgehead atoms. The summed E-state index contributed by atoms with van der Waals surface area (Å²) < 4.78 is 6.08. The topological polar surface area (TPSA) is 101 Å². The predicted octanol–water partition coefficient (Wildman–Crippen LogP) is 9.00. The SMILES string of the molecule is C=C(C)[C@H](CC=C(C)C)C[C@]12C[C@@H](CC=C(C)C)C(C)(C)[C@](CC=C(C)C)(C(=O)C(C(=O)c3ccc(O)c(O)c3)=C1OC)C2=O. The van der Waals surface area contributed by atoms with Gasteiger partial charge in [0.1, 0.15) is 16.7 Å². The summed E-state index contributed by atoms with van der Waals surface area (Å²) in [5, 5.41) is 20.2. The van der Waals surface area contributed by atoms with E-state index in [0.29, 0.717) is 25.7 Å². The Morgan fingerprint density at radius 2 is 1.58 bits per heavy atom. The van der Waals surface area contributed by atoms with E-state index in [1.54, 1.807) is 0 Å². The molecule has 0 saturated heterocycles. The van der Waals surface area contributed by atoms with Gasteiger partial charge in [-0.05, 0) is 116 Å². The van der Waals surface area contributed by atoms with Gasteiger partial charge in [0.05, 0.1) is 12.5 Å². The zero-order valence-corrected chi connectivity index (χ0v) is 28.9. The highest BCUT2D eigenvalue weighted by Crippen LogP contribution is 2.67. The van der Waals surface area contributed by atoms with Gasteiger partial charge < -0.3 is 14.9 Å². The van der Waals surface area contributed by atoms with Gasteiger partial charge in [0.15, 0.2) is 28.8 Å². The van der Waals surface area contributed by atoms with Crippen molar-refractivity contribution in [1.82, 2.24) is 0 Å². The number of hydrogen-bond acceptors (Lipinski definition) is 6. The number of carbonyl (C=O) groups excluding carboxylic acids is 3. The molecule has 0 aliphatic heterocycles. The van der Waals surface area contributed by atoms with E-state index in [2.05, 4.69) is 18.7 Å². The monoisotopic (exact) mass is 616 g/mol. The quantitative estimate of drug-likeness (QED) is 0.0799. The third-order valence-corrected chi connectivity index (χ3v) is 10.2. The maximum absolute atomic E-state index is 15.4. The third-order valence-electron chi connectivity index (χ3n) is 10.2. The number of aromatic hydroxyl groups is 2. The molecular formula is C39H52O6.